The Kier molecular flexibility index (Phi) is 6.03. The second kappa shape index (κ2) is 8.96. The lowest BCUT2D eigenvalue weighted by atomic mass is 9.93. The molecule has 2 aliphatic heterocycles. The van der Waals surface area contributed by atoms with E-state index in [1.54, 1.807) is 0 Å². The van der Waals surface area contributed by atoms with E-state index in [9.17, 15) is 8.78 Å². The summed E-state index contributed by atoms with van der Waals surface area (Å²) < 4.78 is 33.3. The molecule has 0 amide bonds. The molecular formula is C23H25ClF2N6O. The summed E-state index contributed by atoms with van der Waals surface area (Å²) in [5, 5.41) is 13.7. The molecule has 3 heterocycles. The molecule has 0 spiro atoms. The number of hydrogen-bond donors (Lipinski definition) is 0. The topological polar surface area (TPSA) is 62.6 Å². The van der Waals surface area contributed by atoms with Crippen LogP contribution in [0.4, 0.5) is 14.5 Å². The van der Waals surface area contributed by atoms with E-state index in [1.807, 2.05) is 25.1 Å². The summed E-state index contributed by atoms with van der Waals surface area (Å²) in [6, 6.07) is 11.1. The third-order valence-electron chi connectivity index (χ3n) is 6.55. The maximum Gasteiger partial charge on any atom is 0.176 e. The lowest BCUT2D eigenvalue weighted by Crippen LogP contribution is -2.47. The summed E-state index contributed by atoms with van der Waals surface area (Å²) in [5.74, 6) is -0.616. The van der Waals surface area contributed by atoms with Crippen molar-refractivity contribution in [3.8, 4) is 0 Å². The highest BCUT2D eigenvalue weighted by Crippen LogP contribution is 2.48. The van der Waals surface area contributed by atoms with E-state index in [1.165, 1.54) is 16.9 Å². The standard InChI is InChI=1S/C23H25ClF2N6O/c1-16(23(15-33-23)18-7-6-17(25)14-20(18)26)32-28-22(27-29-32)8-9-30-10-12-31(13-11-30)21-5-3-2-4-19(21)24/h2-7,14,16H,8-13,15H2,1H3. The maximum atomic E-state index is 14.4. The van der Waals surface area contributed by atoms with Gasteiger partial charge >= 0.3 is 0 Å². The lowest BCUT2D eigenvalue weighted by molar-refractivity contribution is 0.199. The molecule has 0 N–H and O–H groups in total. The summed E-state index contributed by atoms with van der Waals surface area (Å²) >= 11 is 6.33. The van der Waals surface area contributed by atoms with Crippen molar-refractivity contribution in [2.75, 3.05) is 44.2 Å². The fraction of sp³-hybridized carbons (Fsp3) is 0.435. The zero-order valence-electron chi connectivity index (χ0n) is 18.3. The molecule has 3 aromatic rings. The van der Waals surface area contributed by atoms with Gasteiger partial charge in [0.1, 0.15) is 23.3 Å². The van der Waals surface area contributed by atoms with Crippen LogP contribution >= 0.6 is 11.6 Å². The molecule has 2 unspecified atom stereocenters. The van der Waals surface area contributed by atoms with Crippen molar-refractivity contribution in [1.82, 2.24) is 25.1 Å². The van der Waals surface area contributed by atoms with Crippen LogP contribution in [0.1, 0.15) is 24.4 Å². The SMILES string of the molecule is CC(n1nnc(CCN2CCN(c3ccccc3Cl)CC2)n1)C1(c2ccc(F)cc2F)CO1. The molecule has 0 saturated carbocycles. The summed E-state index contributed by atoms with van der Waals surface area (Å²) in [6.45, 7) is 6.67. The molecule has 2 fully saturated rings. The summed E-state index contributed by atoms with van der Waals surface area (Å²) in [4.78, 5) is 6.15. The second-order valence-corrected chi connectivity index (χ2v) is 8.94. The van der Waals surface area contributed by atoms with Crippen LogP contribution in [-0.4, -0.2) is 64.4 Å². The van der Waals surface area contributed by atoms with Crippen LogP contribution in [0.25, 0.3) is 0 Å². The van der Waals surface area contributed by atoms with Crippen LogP contribution in [-0.2, 0) is 16.8 Å². The first-order valence-electron chi connectivity index (χ1n) is 11.1. The Bertz CT molecular complexity index is 1130. The third-order valence-corrected chi connectivity index (χ3v) is 6.87. The molecule has 2 aliphatic rings. The maximum absolute atomic E-state index is 14.4. The van der Waals surface area contributed by atoms with Crippen LogP contribution in [0, 0.1) is 11.6 Å². The number of ether oxygens (including phenoxy) is 1. The van der Waals surface area contributed by atoms with Crippen LogP contribution in [0.2, 0.25) is 5.02 Å². The molecule has 7 nitrogen and oxygen atoms in total. The number of hydrogen-bond acceptors (Lipinski definition) is 6. The molecule has 2 atom stereocenters. The Morgan fingerprint density at radius 1 is 1.12 bits per heavy atom. The van der Waals surface area contributed by atoms with Crippen LogP contribution < -0.4 is 4.90 Å². The van der Waals surface area contributed by atoms with Crippen molar-refractivity contribution < 1.29 is 13.5 Å². The number of benzene rings is 2. The van der Waals surface area contributed by atoms with Gasteiger partial charge in [0.2, 0.25) is 0 Å². The highest BCUT2D eigenvalue weighted by Gasteiger charge is 2.54. The number of aromatic nitrogens is 4. The Hall–Kier alpha value is -2.62. The smallest absolute Gasteiger partial charge is 0.176 e. The fourth-order valence-electron chi connectivity index (χ4n) is 4.42. The van der Waals surface area contributed by atoms with E-state index in [0.717, 1.165) is 49.5 Å². The van der Waals surface area contributed by atoms with Crippen LogP contribution in [0.3, 0.4) is 0 Å². The number of halogens is 3. The predicted octanol–water partition coefficient (Wildman–Crippen LogP) is 3.46. The summed E-state index contributed by atoms with van der Waals surface area (Å²) in [5.41, 5.74) is 0.489. The van der Waals surface area contributed by atoms with Gasteiger partial charge in [0, 0.05) is 50.8 Å². The first-order valence-corrected chi connectivity index (χ1v) is 11.4. The molecule has 33 heavy (non-hydrogen) atoms. The normalized spacial score (nSPS) is 21.9. The van der Waals surface area contributed by atoms with Gasteiger partial charge in [-0.3, -0.25) is 4.90 Å². The zero-order chi connectivity index (χ0) is 23.0. The molecule has 0 aliphatic carbocycles. The average molecular weight is 475 g/mol. The highest BCUT2D eigenvalue weighted by molar-refractivity contribution is 6.33. The van der Waals surface area contributed by atoms with Crippen molar-refractivity contribution in [2.45, 2.75) is 25.0 Å². The quantitative estimate of drug-likeness (QED) is 0.489. The average Bonchev–Trinajstić information content (AvgIpc) is 3.48. The molecule has 0 bridgehead atoms. The molecule has 0 radical (unpaired) electrons. The minimum Gasteiger partial charge on any atom is -0.368 e. The molecule has 2 saturated heterocycles. The molecule has 2 aromatic carbocycles. The largest absolute Gasteiger partial charge is 0.368 e. The minimum atomic E-state index is -0.898. The number of epoxide rings is 1. The Morgan fingerprint density at radius 3 is 2.58 bits per heavy atom. The molecule has 10 heteroatoms. The Morgan fingerprint density at radius 2 is 1.88 bits per heavy atom. The van der Waals surface area contributed by atoms with E-state index in [0.29, 0.717) is 24.4 Å². The Labute approximate surface area is 195 Å². The Balaban J connectivity index is 1.17. The molecule has 1 aromatic heterocycles. The molecule has 174 valence electrons. The summed E-state index contributed by atoms with van der Waals surface area (Å²) in [7, 11) is 0. The third kappa shape index (κ3) is 4.45. The van der Waals surface area contributed by atoms with E-state index < -0.39 is 17.2 Å². The summed E-state index contributed by atoms with van der Waals surface area (Å²) in [6.07, 6.45) is 0.664. The van der Waals surface area contributed by atoms with E-state index >= 15 is 0 Å². The van der Waals surface area contributed by atoms with Gasteiger partial charge in [-0.2, -0.15) is 4.80 Å². The monoisotopic (exact) mass is 474 g/mol. The van der Waals surface area contributed by atoms with Gasteiger partial charge in [0.25, 0.3) is 0 Å². The van der Waals surface area contributed by atoms with Gasteiger partial charge in [-0.1, -0.05) is 29.8 Å². The minimum absolute atomic E-state index is 0.312. The first-order chi connectivity index (χ1) is 16.0. The highest BCUT2D eigenvalue weighted by atomic mass is 35.5. The van der Waals surface area contributed by atoms with E-state index in [-0.39, 0.29) is 6.04 Å². The second-order valence-electron chi connectivity index (χ2n) is 8.53. The van der Waals surface area contributed by atoms with Gasteiger partial charge < -0.3 is 9.64 Å². The van der Waals surface area contributed by atoms with Gasteiger partial charge in [-0.25, -0.2) is 8.78 Å². The van der Waals surface area contributed by atoms with Gasteiger partial charge in [-0.15, -0.1) is 10.2 Å². The van der Waals surface area contributed by atoms with Crippen LogP contribution in [0.5, 0.6) is 0 Å². The first kappa shape index (κ1) is 22.2. The van der Waals surface area contributed by atoms with Gasteiger partial charge in [-0.05, 0) is 30.3 Å². The van der Waals surface area contributed by atoms with Crippen LogP contribution in [0.15, 0.2) is 42.5 Å². The van der Waals surface area contributed by atoms with Crippen molar-refractivity contribution >= 4 is 17.3 Å². The van der Waals surface area contributed by atoms with Crippen molar-refractivity contribution in [1.29, 1.82) is 0 Å². The van der Waals surface area contributed by atoms with Crippen molar-refractivity contribution in [3.63, 3.8) is 0 Å². The number of para-hydroxylation sites is 1. The van der Waals surface area contributed by atoms with Crippen molar-refractivity contribution in [2.24, 2.45) is 0 Å². The molecule has 5 rings (SSSR count). The lowest BCUT2D eigenvalue weighted by Gasteiger charge is -2.36. The van der Waals surface area contributed by atoms with Crippen molar-refractivity contribution in [3.05, 3.63) is 70.5 Å². The zero-order valence-corrected chi connectivity index (χ0v) is 19.0. The molecular weight excluding hydrogens is 450 g/mol. The number of anilines is 1. The van der Waals surface area contributed by atoms with E-state index in [2.05, 4.69) is 31.3 Å². The predicted molar refractivity (Wildman–Crippen MR) is 120 cm³/mol. The van der Waals surface area contributed by atoms with E-state index in [4.69, 9.17) is 16.3 Å². The number of rotatable bonds is 7. The van der Waals surface area contributed by atoms with Gasteiger partial charge in [0.05, 0.1) is 17.3 Å². The number of piperazine rings is 1. The number of tetrazole rings is 1. The fourth-order valence-corrected chi connectivity index (χ4v) is 4.67. The number of nitrogens with zero attached hydrogens (tertiary/aromatic N) is 6. The van der Waals surface area contributed by atoms with Gasteiger partial charge in [0.15, 0.2) is 5.82 Å².